The van der Waals surface area contributed by atoms with Crippen molar-refractivity contribution in [1.82, 2.24) is 0 Å². The molecule has 4 aromatic rings. The topological polar surface area (TPSA) is 27.7 Å². The number of methoxy groups -OCH3 is 2. The van der Waals surface area contributed by atoms with Crippen LogP contribution in [-0.2, 0) is 0 Å². The zero-order chi connectivity index (χ0) is 27.3. The van der Waals surface area contributed by atoms with Gasteiger partial charge in [-0.25, -0.2) is 0 Å². The summed E-state index contributed by atoms with van der Waals surface area (Å²) in [6, 6.07) is 31.7. The van der Waals surface area contributed by atoms with E-state index in [1.165, 1.54) is 10.4 Å². The Hall–Kier alpha value is -2.30. The summed E-state index contributed by atoms with van der Waals surface area (Å²) in [7, 11) is 0.614. The van der Waals surface area contributed by atoms with Gasteiger partial charge in [0.1, 0.15) is 11.5 Å². The standard InChI is InChI=1S/C32H32I2O3Si/c1-32(2,3)38(25-12-8-6-9-13-25,26-14-10-7-11-15-26)37-30-22-23(18-19-29(30)35-4)16-17-24-20-27(33)31(36-5)28(34)21-24/h6-22H,1-5H3/b17-16-. The van der Waals surface area contributed by atoms with E-state index in [4.69, 9.17) is 13.9 Å². The summed E-state index contributed by atoms with van der Waals surface area (Å²) in [5.41, 5.74) is 2.16. The van der Waals surface area contributed by atoms with Gasteiger partial charge >= 0.3 is 8.32 Å². The van der Waals surface area contributed by atoms with Gasteiger partial charge in [0.15, 0.2) is 5.75 Å². The Balaban J connectivity index is 1.82. The summed E-state index contributed by atoms with van der Waals surface area (Å²) >= 11 is 4.64. The molecule has 6 heteroatoms. The SMILES string of the molecule is COc1ccc(/C=C\c2cc(I)c(OC)c(I)c2)cc1O[Si](c1ccccc1)(c1ccccc1)C(C)(C)C. The minimum atomic E-state index is -2.79. The van der Waals surface area contributed by atoms with Crippen LogP contribution in [-0.4, -0.2) is 22.5 Å². The Kier molecular flexibility index (Phi) is 9.26. The van der Waals surface area contributed by atoms with Gasteiger partial charge in [-0.15, -0.1) is 0 Å². The second-order valence-electron chi connectivity index (χ2n) is 10.0. The number of benzene rings is 4. The van der Waals surface area contributed by atoms with E-state index >= 15 is 0 Å². The van der Waals surface area contributed by atoms with Crippen molar-refractivity contribution in [1.29, 1.82) is 0 Å². The number of hydrogen-bond donors (Lipinski definition) is 0. The molecule has 0 saturated carbocycles. The molecule has 4 aromatic carbocycles. The van der Waals surface area contributed by atoms with E-state index in [1.54, 1.807) is 14.2 Å². The molecule has 0 atom stereocenters. The maximum absolute atomic E-state index is 7.28. The molecule has 0 fully saturated rings. The Labute approximate surface area is 254 Å². The maximum atomic E-state index is 7.28. The molecule has 0 saturated heterocycles. The van der Waals surface area contributed by atoms with Crippen LogP contribution < -0.4 is 24.3 Å². The van der Waals surface area contributed by atoms with Crippen molar-refractivity contribution >= 4 is 76.0 Å². The summed E-state index contributed by atoms with van der Waals surface area (Å²) < 4.78 is 20.8. The highest BCUT2D eigenvalue weighted by atomic mass is 127. The first-order valence-corrected chi connectivity index (χ1v) is 16.5. The molecule has 0 aliphatic heterocycles. The molecule has 0 aromatic heterocycles. The predicted molar refractivity (Wildman–Crippen MR) is 179 cm³/mol. The van der Waals surface area contributed by atoms with Gasteiger partial charge in [0.25, 0.3) is 0 Å². The van der Waals surface area contributed by atoms with Crippen molar-refractivity contribution in [2.24, 2.45) is 0 Å². The molecule has 0 unspecified atom stereocenters. The molecule has 0 heterocycles. The lowest BCUT2D eigenvalue weighted by Crippen LogP contribution is -2.68. The highest BCUT2D eigenvalue weighted by Crippen LogP contribution is 2.40. The molecular weight excluding hydrogens is 714 g/mol. The van der Waals surface area contributed by atoms with Crippen LogP contribution in [0.1, 0.15) is 31.9 Å². The fourth-order valence-electron chi connectivity index (χ4n) is 4.75. The Morgan fingerprint density at radius 3 is 1.63 bits per heavy atom. The van der Waals surface area contributed by atoms with Gasteiger partial charge < -0.3 is 13.9 Å². The van der Waals surface area contributed by atoms with Crippen LogP contribution in [0.25, 0.3) is 12.2 Å². The molecule has 0 radical (unpaired) electrons. The van der Waals surface area contributed by atoms with Crippen LogP contribution in [0.3, 0.4) is 0 Å². The van der Waals surface area contributed by atoms with Crippen LogP contribution in [0.2, 0.25) is 5.04 Å². The van der Waals surface area contributed by atoms with E-state index in [9.17, 15) is 0 Å². The molecule has 0 amide bonds. The smallest absolute Gasteiger partial charge is 0.320 e. The number of rotatable bonds is 8. The first-order valence-electron chi connectivity index (χ1n) is 12.4. The molecule has 0 N–H and O–H groups in total. The van der Waals surface area contributed by atoms with Gasteiger partial charge in [0.2, 0.25) is 0 Å². The molecular formula is C32H32I2O3Si. The highest BCUT2D eigenvalue weighted by Gasteiger charge is 2.52. The van der Waals surface area contributed by atoms with Crippen molar-refractivity contribution < 1.29 is 13.9 Å². The van der Waals surface area contributed by atoms with Gasteiger partial charge in [0.05, 0.1) is 21.4 Å². The van der Waals surface area contributed by atoms with E-state index in [0.29, 0.717) is 0 Å². The molecule has 38 heavy (non-hydrogen) atoms. The Morgan fingerprint density at radius 2 is 1.16 bits per heavy atom. The minimum Gasteiger partial charge on any atom is -0.531 e. The largest absolute Gasteiger partial charge is 0.531 e. The van der Waals surface area contributed by atoms with E-state index < -0.39 is 8.32 Å². The maximum Gasteiger partial charge on any atom is 0.320 e. The van der Waals surface area contributed by atoms with Gasteiger partial charge in [-0.05, 0) is 96.0 Å². The predicted octanol–water partition coefficient (Wildman–Crippen LogP) is 8.02. The van der Waals surface area contributed by atoms with E-state index in [1.807, 2.05) is 6.07 Å². The molecule has 0 spiro atoms. The molecule has 4 rings (SSSR count). The highest BCUT2D eigenvalue weighted by molar-refractivity contribution is 14.1. The summed E-state index contributed by atoms with van der Waals surface area (Å²) in [6.45, 7) is 6.84. The quantitative estimate of drug-likeness (QED) is 0.104. The zero-order valence-corrected chi connectivity index (χ0v) is 27.6. The second-order valence-corrected chi connectivity index (χ2v) is 16.6. The first-order chi connectivity index (χ1) is 18.2. The van der Waals surface area contributed by atoms with Crippen molar-refractivity contribution in [2.45, 2.75) is 25.8 Å². The average Bonchev–Trinajstić information content (AvgIpc) is 2.91. The molecule has 0 aliphatic rings. The number of hydrogen-bond acceptors (Lipinski definition) is 3. The lowest BCUT2D eigenvalue weighted by atomic mass is 10.1. The lowest BCUT2D eigenvalue weighted by molar-refractivity contribution is 0.388. The van der Waals surface area contributed by atoms with Crippen molar-refractivity contribution in [3.8, 4) is 17.2 Å². The number of ether oxygens (including phenoxy) is 2. The third-order valence-electron chi connectivity index (χ3n) is 6.56. The average molecular weight is 746 g/mol. The van der Waals surface area contributed by atoms with E-state index in [0.717, 1.165) is 35.5 Å². The van der Waals surface area contributed by atoms with Gasteiger partial charge in [0, 0.05) is 0 Å². The second kappa shape index (κ2) is 12.3. The van der Waals surface area contributed by atoms with E-state index in [-0.39, 0.29) is 5.04 Å². The summed E-state index contributed by atoms with van der Waals surface area (Å²) in [5, 5.41) is 2.30. The minimum absolute atomic E-state index is 0.150. The van der Waals surface area contributed by atoms with Gasteiger partial charge in [-0.3, -0.25) is 0 Å². The van der Waals surface area contributed by atoms with Crippen LogP contribution in [0.15, 0.2) is 91.0 Å². The zero-order valence-electron chi connectivity index (χ0n) is 22.3. The first kappa shape index (κ1) is 28.7. The molecule has 196 valence electrons. The van der Waals surface area contributed by atoms with E-state index in [2.05, 4.69) is 163 Å². The Morgan fingerprint density at radius 1 is 0.632 bits per heavy atom. The van der Waals surface area contributed by atoms with Crippen molar-refractivity contribution in [3.05, 3.63) is 109 Å². The Bertz CT molecular complexity index is 1350. The molecule has 0 aliphatic carbocycles. The monoisotopic (exact) mass is 746 g/mol. The van der Waals surface area contributed by atoms with Crippen molar-refractivity contribution in [3.63, 3.8) is 0 Å². The molecule has 0 bridgehead atoms. The summed E-state index contributed by atoms with van der Waals surface area (Å²) in [4.78, 5) is 0. The van der Waals surface area contributed by atoms with Crippen LogP contribution in [0, 0.1) is 7.14 Å². The van der Waals surface area contributed by atoms with Gasteiger partial charge in [-0.1, -0.05) is 99.7 Å². The van der Waals surface area contributed by atoms with Crippen LogP contribution in [0.5, 0.6) is 17.2 Å². The van der Waals surface area contributed by atoms with Crippen LogP contribution >= 0.6 is 45.2 Å². The molecule has 3 nitrogen and oxygen atoms in total. The fraction of sp³-hybridized carbons (Fsp3) is 0.188. The summed E-state index contributed by atoms with van der Waals surface area (Å²) in [5.74, 6) is 2.39. The van der Waals surface area contributed by atoms with Crippen molar-refractivity contribution in [2.75, 3.05) is 14.2 Å². The number of halogens is 2. The van der Waals surface area contributed by atoms with Crippen LogP contribution in [0.4, 0.5) is 0 Å². The third-order valence-corrected chi connectivity index (χ3v) is 13.1. The lowest BCUT2D eigenvalue weighted by Gasteiger charge is -2.43. The fourth-order valence-corrected chi connectivity index (χ4v) is 11.4. The van der Waals surface area contributed by atoms with Gasteiger partial charge in [-0.2, -0.15) is 0 Å². The summed E-state index contributed by atoms with van der Waals surface area (Å²) in [6.07, 6.45) is 4.24. The third kappa shape index (κ3) is 5.97. The normalized spacial score (nSPS) is 12.0.